The predicted molar refractivity (Wildman–Crippen MR) is 62.1 cm³/mol. The molecule has 0 spiro atoms. The smallest absolute Gasteiger partial charge is 0.113 e. The molecule has 0 aromatic carbocycles. The lowest BCUT2D eigenvalue weighted by molar-refractivity contribution is 0.166. The molecule has 2 heterocycles. The summed E-state index contributed by atoms with van der Waals surface area (Å²) in [6.07, 6.45) is 1.05. The van der Waals surface area contributed by atoms with Crippen LogP contribution in [0.4, 0.5) is 0 Å². The van der Waals surface area contributed by atoms with Crippen LogP contribution in [-0.4, -0.2) is 18.2 Å². The summed E-state index contributed by atoms with van der Waals surface area (Å²) in [5, 5.41) is 1.05. The SMILES string of the molecule is Cc1nc(C(C)(N)C2CCOC2)sc1C. The van der Waals surface area contributed by atoms with Crippen LogP contribution in [0.25, 0.3) is 0 Å². The standard InChI is InChI=1S/C11H18N2OS/c1-7-8(2)15-10(13-7)11(3,12)9-4-5-14-6-9/h9H,4-6,12H2,1-3H3. The third-order valence-corrected chi connectivity index (χ3v) is 4.59. The van der Waals surface area contributed by atoms with Crippen LogP contribution in [0.3, 0.4) is 0 Å². The number of ether oxygens (including phenoxy) is 1. The number of nitrogens with zero attached hydrogens (tertiary/aromatic N) is 1. The normalized spacial score (nSPS) is 25.5. The number of aromatic nitrogens is 1. The highest BCUT2D eigenvalue weighted by molar-refractivity contribution is 7.11. The van der Waals surface area contributed by atoms with E-state index in [2.05, 4.69) is 18.8 Å². The fourth-order valence-corrected chi connectivity index (χ4v) is 2.94. The second-order valence-corrected chi connectivity index (χ2v) is 5.71. The Balaban J connectivity index is 2.27. The molecule has 0 radical (unpaired) electrons. The lowest BCUT2D eigenvalue weighted by atomic mass is 9.86. The quantitative estimate of drug-likeness (QED) is 0.838. The van der Waals surface area contributed by atoms with Gasteiger partial charge < -0.3 is 10.5 Å². The first-order valence-corrected chi connectivity index (χ1v) is 6.14. The van der Waals surface area contributed by atoms with Crippen LogP contribution in [0.5, 0.6) is 0 Å². The first kappa shape index (κ1) is 11.0. The summed E-state index contributed by atoms with van der Waals surface area (Å²) in [6.45, 7) is 7.81. The number of hydrogen-bond acceptors (Lipinski definition) is 4. The lowest BCUT2D eigenvalue weighted by Gasteiger charge is -2.28. The number of thiazole rings is 1. The summed E-state index contributed by atoms with van der Waals surface area (Å²) in [5.41, 5.74) is 7.16. The Hall–Kier alpha value is -0.450. The molecule has 1 aliphatic heterocycles. The van der Waals surface area contributed by atoms with Crippen molar-refractivity contribution in [1.82, 2.24) is 4.98 Å². The van der Waals surface area contributed by atoms with Gasteiger partial charge >= 0.3 is 0 Å². The second kappa shape index (κ2) is 3.85. The molecule has 1 aromatic heterocycles. The van der Waals surface area contributed by atoms with Crippen LogP contribution in [0, 0.1) is 19.8 Å². The minimum absolute atomic E-state index is 0.333. The van der Waals surface area contributed by atoms with Crippen LogP contribution in [0.15, 0.2) is 0 Å². The van der Waals surface area contributed by atoms with Crippen molar-refractivity contribution in [3.63, 3.8) is 0 Å². The molecule has 1 aromatic rings. The molecule has 15 heavy (non-hydrogen) atoms. The zero-order chi connectivity index (χ0) is 11.1. The number of rotatable bonds is 2. The van der Waals surface area contributed by atoms with Crippen LogP contribution in [-0.2, 0) is 10.3 Å². The maximum atomic E-state index is 6.39. The van der Waals surface area contributed by atoms with E-state index >= 15 is 0 Å². The van der Waals surface area contributed by atoms with Crippen LogP contribution >= 0.6 is 11.3 Å². The molecular weight excluding hydrogens is 208 g/mol. The van der Waals surface area contributed by atoms with Crippen molar-refractivity contribution in [2.45, 2.75) is 32.7 Å². The van der Waals surface area contributed by atoms with Gasteiger partial charge in [0.1, 0.15) is 5.01 Å². The monoisotopic (exact) mass is 226 g/mol. The van der Waals surface area contributed by atoms with E-state index in [0.29, 0.717) is 5.92 Å². The third-order valence-electron chi connectivity index (χ3n) is 3.27. The van der Waals surface area contributed by atoms with E-state index in [0.717, 1.165) is 30.3 Å². The summed E-state index contributed by atoms with van der Waals surface area (Å²) in [7, 11) is 0. The second-order valence-electron chi connectivity index (χ2n) is 4.50. The van der Waals surface area contributed by atoms with Crippen LogP contribution < -0.4 is 5.73 Å². The van der Waals surface area contributed by atoms with Gasteiger partial charge in [-0.25, -0.2) is 4.98 Å². The average Bonchev–Trinajstić information content (AvgIpc) is 2.77. The summed E-state index contributed by atoms with van der Waals surface area (Å²) >= 11 is 1.72. The molecule has 0 amide bonds. The molecule has 84 valence electrons. The molecule has 1 saturated heterocycles. The van der Waals surface area contributed by atoms with Gasteiger partial charge in [-0.15, -0.1) is 11.3 Å². The maximum absolute atomic E-state index is 6.39. The zero-order valence-corrected chi connectivity index (χ0v) is 10.4. The van der Waals surface area contributed by atoms with Gasteiger partial charge in [0.15, 0.2) is 0 Å². The fraction of sp³-hybridized carbons (Fsp3) is 0.727. The average molecular weight is 226 g/mol. The van der Waals surface area contributed by atoms with Crippen molar-refractivity contribution in [1.29, 1.82) is 0 Å². The Morgan fingerprint density at radius 3 is 2.73 bits per heavy atom. The Labute approximate surface area is 94.7 Å². The molecule has 2 rings (SSSR count). The van der Waals surface area contributed by atoms with Gasteiger partial charge in [0, 0.05) is 17.4 Å². The van der Waals surface area contributed by atoms with Gasteiger partial charge in [0.2, 0.25) is 0 Å². The van der Waals surface area contributed by atoms with Crippen molar-refractivity contribution in [2.24, 2.45) is 11.7 Å². The van der Waals surface area contributed by atoms with Gasteiger partial charge in [0.25, 0.3) is 0 Å². The highest BCUT2D eigenvalue weighted by Gasteiger charge is 2.37. The maximum Gasteiger partial charge on any atom is 0.113 e. The molecule has 2 atom stereocenters. The van der Waals surface area contributed by atoms with E-state index in [1.54, 1.807) is 11.3 Å². The summed E-state index contributed by atoms with van der Waals surface area (Å²) in [4.78, 5) is 5.83. The van der Waals surface area contributed by atoms with Crippen molar-refractivity contribution in [3.8, 4) is 0 Å². The van der Waals surface area contributed by atoms with Gasteiger partial charge in [-0.2, -0.15) is 0 Å². The predicted octanol–water partition coefficient (Wildman–Crippen LogP) is 1.97. The Kier molecular flexibility index (Phi) is 2.83. The van der Waals surface area contributed by atoms with E-state index in [4.69, 9.17) is 10.5 Å². The van der Waals surface area contributed by atoms with E-state index < -0.39 is 0 Å². The lowest BCUT2D eigenvalue weighted by Crippen LogP contribution is -2.41. The molecule has 2 unspecified atom stereocenters. The summed E-state index contributed by atoms with van der Waals surface area (Å²) < 4.78 is 5.40. The minimum atomic E-state index is -0.333. The van der Waals surface area contributed by atoms with Gasteiger partial charge in [0.05, 0.1) is 17.8 Å². The summed E-state index contributed by atoms with van der Waals surface area (Å²) in [5.74, 6) is 0.405. The Bertz CT molecular complexity index is 334. The Morgan fingerprint density at radius 2 is 2.27 bits per heavy atom. The topological polar surface area (TPSA) is 48.1 Å². The highest BCUT2D eigenvalue weighted by atomic mass is 32.1. The van der Waals surface area contributed by atoms with E-state index in [1.807, 2.05) is 6.92 Å². The molecule has 3 nitrogen and oxygen atoms in total. The molecule has 1 fully saturated rings. The summed E-state index contributed by atoms with van der Waals surface area (Å²) in [6, 6.07) is 0. The molecule has 1 aliphatic rings. The molecule has 2 N–H and O–H groups in total. The van der Waals surface area contributed by atoms with Crippen molar-refractivity contribution in [2.75, 3.05) is 13.2 Å². The van der Waals surface area contributed by atoms with E-state index in [-0.39, 0.29) is 5.54 Å². The third kappa shape index (κ3) is 1.94. The number of nitrogens with two attached hydrogens (primary N) is 1. The minimum Gasteiger partial charge on any atom is -0.381 e. The first-order chi connectivity index (χ1) is 7.01. The molecule has 0 aliphatic carbocycles. The zero-order valence-electron chi connectivity index (χ0n) is 9.54. The van der Waals surface area contributed by atoms with E-state index in [9.17, 15) is 0 Å². The Morgan fingerprint density at radius 1 is 1.53 bits per heavy atom. The molecule has 0 bridgehead atoms. The largest absolute Gasteiger partial charge is 0.381 e. The van der Waals surface area contributed by atoms with Crippen LogP contribution in [0.2, 0.25) is 0 Å². The van der Waals surface area contributed by atoms with Crippen LogP contribution in [0.1, 0.15) is 28.9 Å². The van der Waals surface area contributed by atoms with Gasteiger partial charge in [-0.1, -0.05) is 0 Å². The molecule has 4 heteroatoms. The van der Waals surface area contributed by atoms with Gasteiger partial charge in [-0.05, 0) is 27.2 Å². The first-order valence-electron chi connectivity index (χ1n) is 5.33. The van der Waals surface area contributed by atoms with Crippen molar-refractivity contribution >= 4 is 11.3 Å². The number of hydrogen-bond donors (Lipinski definition) is 1. The van der Waals surface area contributed by atoms with Gasteiger partial charge in [-0.3, -0.25) is 0 Å². The molecular formula is C11H18N2OS. The number of aryl methyl sites for hydroxylation is 2. The molecule has 0 saturated carbocycles. The highest BCUT2D eigenvalue weighted by Crippen LogP contribution is 2.35. The fourth-order valence-electron chi connectivity index (χ4n) is 1.89. The van der Waals surface area contributed by atoms with Crippen molar-refractivity contribution < 1.29 is 4.74 Å². The van der Waals surface area contributed by atoms with Crippen molar-refractivity contribution in [3.05, 3.63) is 15.6 Å². The van der Waals surface area contributed by atoms with E-state index in [1.165, 1.54) is 4.88 Å².